The summed E-state index contributed by atoms with van der Waals surface area (Å²) in [4.78, 5) is 9.09. The van der Waals surface area contributed by atoms with Crippen molar-refractivity contribution in [3.8, 4) is 0 Å². The summed E-state index contributed by atoms with van der Waals surface area (Å²) in [6.45, 7) is 5.70. The molecule has 2 aromatic rings. The van der Waals surface area contributed by atoms with Crippen molar-refractivity contribution < 1.29 is 0 Å². The van der Waals surface area contributed by atoms with Gasteiger partial charge in [-0.1, -0.05) is 18.2 Å². The molecule has 0 spiro atoms. The molecule has 3 heteroatoms. The van der Waals surface area contributed by atoms with Crippen molar-refractivity contribution in [2.75, 3.05) is 37.6 Å². The lowest BCUT2D eigenvalue weighted by Crippen LogP contribution is -2.46. The number of piperazine rings is 1. The molecule has 2 heterocycles. The number of rotatable bonds is 4. The topological polar surface area (TPSA) is 19.4 Å². The number of para-hydroxylation sites is 1. The average molecular weight is 267 g/mol. The third-order valence-corrected chi connectivity index (χ3v) is 3.96. The van der Waals surface area contributed by atoms with Gasteiger partial charge in [0.05, 0.1) is 0 Å². The van der Waals surface area contributed by atoms with E-state index in [0.717, 1.165) is 39.1 Å². The number of hydrogen-bond acceptors (Lipinski definition) is 3. The molecule has 1 aromatic carbocycles. The Bertz CT molecular complexity index is 504. The van der Waals surface area contributed by atoms with Crippen LogP contribution in [0.2, 0.25) is 0 Å². The van der Waals surface area contributed by atoms with Gasteiger partial charge >= 0.3 is 0 Å². The summed E-state index contributed by atoms with van der Waals surface area (Å²) in [7, 11) is 0. The van der Waals surface area contributed by atoms with Crippen LogP contribution in [0, 0.1) is 0 Å². The zero-order chi connectivity index (χ0) is 13.6. The minimum Gasteiger partial charge on any atom is -0.369 e. The Morgan fingerprint density at radius 3 is 2.25 bits per heavy atom. The first-order chi connectivity index (χ1) is 9.92. The lowest BCUT2D eigenvalue weighted by Gasteiger charge is -2.36. The standard InChI is InChI=1S/C17H21N3/c1-2-4-17(5-3-1)20-14-12-19(13-15-20)11-8-16-6-9-18-10-7-16/h1-7,9-10H,8,11-15H2. The van der Waals surface area contributed by atoms with Crippen molar-refractivity contribution in [2.24, 2.45) is 0 Å². The van der Waals surface area contributed by atoms with Gasteiger partial charge in [-0.2, -0.15) is 0 Å². The SMILES string of the molecule is c1ccc(N2CCN(CCc3ccncc3)CC2)cc1. The van der Waals surface area contributed by atoms with E-state index in [1.165, 1.54) is 11.3 Å². The molecule has 1 aliphatic rings. The lowest BCUT2D eigenvalue weighted by atomic mass is 10.2. The first kappa shape index (κ1) is 13.1. The largest absolute Gasteiger partial charge is 0.369 e. The third-order valence-electron chi connectivity index (χ3n) is 3.96. The van der Waals surface area contributed by atoms with Gasteiger partial charge in [-0.05, 0) is 36.2 Å². The Morgan fingerprint density at radius 2 is 1.55 bits per heavy atom. The highest BCUT2D eigenvalue weighted by atomic mass is 15.3. The predicted octanol–water partition coefficient (Wildman–Crippen LogP) is 2.45. The Labute approximate surface area is 120 Å². The summed E-state index contributed by atoms with van der Waals surface area (Å²) in [5.74, 6) is 0. The van der Waals surface area contributed by atoms with Gasteiger partial charge in [-0.15, -0.1) is 0 Å². The molecule has 104 valence electrons. The van der Waals surface area contributed by atoms with Crippen LogP contribution in [-0.2, 0) is 6.42 Å². The number of benzene rings is 1. The van der Waals surface area contributed by atoms with Crippen LogP contribution >= 0.6 is 0 Å². The summed E-state index contributed by atoms with van der Waals surface area (Å²) in [6.07, 6.45) is 4.87. The highest BCUT2D eigenvalue weighted by Gasteiger charge is 2.16. The van der Waals surface area contributed by atoms with E-state index in [2.05, 4.69) is 57.2 Å². The summed E-state index contributed by atoms with van der Waals surface area (Å²) in [5, 5.41) is 0. The van der Waals surface area contributed by atoms with E-state index in [0.29, 0.717) is 0 Å². The van der Waals surface area contributed by atoms with Gasteiger partial charge < -0.3 is 4.90 Å². The Hall–Kier alpha value is -1.87. The van der Waals surface area contributed by atoms with Crippen LogP contribution < -0.4 is 4.90 Å². The highest BCUT2D eigenvalue weighted by molar-refractivity contribution is 5.46. The second-order valence-electron chi connectivity index (χ2n) is 5.27. The molecule has 1 aliphatic heterocycles. The summed E-state index contributed by atoms with van der Waals surface area (Å²) in [6, 6.07) is 14.9. The van der Waals surface area contributed by atoms with Crippen molar-refractivity contribution in [3.63, 3.8) is 0 Å². The van der Waals surface area contributed by atoms with Gasteiger partial charge in [0.1, 0.15) is 0 Å². The fourth-order valence-corrected chi connectivity index (χ4v) is 2.71. The van der Waals surface area contributed by atoms with Gasteiger partial charge in [0.2, 0.25) is 0 Å². The highest BCUT2D eigenvalue weighted by Crippen LogP contribution is 2.15. The first-order valence-corrected chi connectivity index (χ1v) is 7.33. The fourth-order valence-electron chi connectivity index (χ4n) is 2.71. The molecule has 1 aromatic heterocycles. The molecule has 0 bridgehead atoms. The molecule has 0 amide bonds. The van der Waals surface area contributed by atoms with Crippen molar-refractivity contribution in [1.82, 2.24) is 9.88 Å². The Balaban J connectivity index is 1.47. The smallest absolute Gasteiger partial charge is 0.0367 e. The molecule has 1 saturated heterocycles. The molecule has 0 radical (unpaired) electrons. The van der Waals surface area contributed by atoms with Gasteiger partial charge in [-0.3, -0.25) is 9.88 Å². The van der Waals surface area contributed by atoms with Gasteiger partial charge in [0, 0.05) is 50.8 Å². The maximum atomic E-state index is 4.06. The van der Waals surface area contributed by atoms with E-state index in [-0.39, 0.29) is 0 Å². The predicted molar refractivity (Wildman–Crippen MR) is 83.0 cm³/mol. The number of aromatic nitrogens is 1. The molecule has 0 aliphatic carbocycles. The van der Waals surface area contributed by atoms with Crippen LogP contribution in [0.1, 0.15) is 5.56 Å². The van der Waals surface area contributed by atoms with E-state index in [1.807, 2.05) is 12.4 Å². The zero-order valence-electron chi connectivity index (χ0n) is 11.8. The molecule has 0 unspecified atom stereocenters. The summed E-state index contributed by atoms with van der Waals surface area (Å²) < 4.78 is 0. The molecule has 1 fully saturated rings. The Kier molecular flexibility index (Phi) is 4.28. The fraction of sp³-hybridized carbons (Fsp3) is 0.353. The molecule has 0 saturated carbocycles. The van der Waals surface area contributed by atoms with Crippen molar-refractivity contribution in [3.05, 3.63) is 60.4 Å². The number of hydrogen-bond donors (Lipinski definition) is 0. The molecule has 20 heavy (non-hydrogen) atoms. The number of anilines is 1. The number of pyridine rings is 1. The van der Waals surface area contributed by atoms with Crippen LogP contribution in [0.3, 0.4) is 0 Å². The van der Waals surface area contributed by atoms with E-state index in [9.17, 15) is 0 Å². The monoisotopic (exact) mass is 267 g/mol. The second kappa shape index (κ2) is 6.53. The van der Waals surface area contributed by atoms with Crippen LogP contribution in [0.4, 0.5) is 5.69 Å². The normalized spacial score (nSPS) is 16.3. The third kappa shape index (κ3) is 3.36. The minimum absolute atomic E-state index is 1.12. The van der Waals surface area contributed by atoms with Crippen LogP contribution in [-0.4, -0.2) is 42.6 Å². The number of nitrogens with zero attached hydrogens (tertiary/aromatic N) is 3. The van der Waals surface area contributed by atoms with E-state index < -0.39 is 0 Å². The summed E-state index contributed by atoms with van der Waals surface area (Å²) >= 11 is 0. The molecule has 0 atom stereocenters. The molecular formula is C17H21N3. The van der Waals surface area contributed by atoms with Crippen molar-refractivity contribution in [1.29, 1.82) is 0 Å². The first-order valence-electron chi connectivity index (χ1n) is 7.33. The van der Waals surface area contributed by atoms with E-state index >= 15 is 0 Å². The Morgan fingerprint density at radius 1 is 0.850 bits per heavy atom. The quantitative estimate of drug-likeness (QED) is 0.848. The van der Waals surface area contributed by atoms with Gasteiger partial charge in [-0.25, -0.2) is 0 Å². The van der Waals surface area contributed by atoms with Crippen molar-refractivity contribution in [2.45, 2.75) is 6.42 Å². The molecule has 3 nitrogen and oxygen atoms in total. The maximum absolute atomic E-state index is 4.06. The molecule has 0 N–H and O–H groups in total. The zero-order valence-corrected chi connectivity index (χ0v) is 11.8. The maximum Gasteiger partial charge on any atom is 0.0367 e. The van der Waals surface area contributed by atoms with Crippen LogP contribution in [0.15, 0.2) is 54.9 Å². The average Bonchev–Trinajstić information content (AvgIpc) is 2.55. The minimum atomic E-state index is 1.12. The van der Waals surface area contributed by atoms with Crippen LogP contribution in [0.5, 0.6) is 0 Å². The van der Waals surface area contributed by atoms with Gasteiger partial charge in [0.15, 0.2) is 0 Å². The summed E-state index contributed by atoms with van der Waals surface area (Å²) in [5.41, 5.74) is 2.73. The van der Waals surface area contributed by atoms with E-state index in [1.54, 1.807) is 0 Å². The second-order valence-corrected chi connectivity index (χ2v) is 5.27. The van der Waals surface area contributed by atoms with Crippen LogP contribution in [0.25, 0.3) is 0 Å². The van der Waals surface area contributed by atoms with E-state index in [4.69, 9.17) is 0 Å². The van der Waals surface area contributed by atoms with Gasteiger partial charge in [0.25, 0.3) is 0 Å². The van der Waals surface area contributed by atoms with Crippen molar-refractivity contribution >= 4 is 5.69 Å². The lowest BCUT2D eigenvalue weighted by molar-refractivity contribution is 0.261. The molecule has 3 rings (SSSR count). The molecular weight excluding hydrogens is 246 g/mol.